The van der Waals surface area contributed by atoms with Gasteiger partial charge in [-0.3, -0.25) is 4.90 Å². The molecule has 0 aromatic heterocycles. The molecule has 2 heteroatoms. The second-order valence-corrected chi connectivity index (χ2v) is 5.99. The van der Waals surface area contributed by atoms with Gasteiger partial charge in [-0.05, 0) is 62.8 Å². The van der Waals surface area contributed by atoms with E-state index in [-0.39, 0.29) is 0 Å². The molecule has 0 saturated heterocycles. The zero-order valence-electron chi connectivity index (χ0n) is 12.7. The number of nitrogens with zero attached hydrogens (tertiary/aromatic N) is 1. The lowest BCUT2D eigenvalue weighted by Crippen LogP contribution is -2.40. The Morgan fingerprint density at radius 1 is 1.16 bits per heavy atom. The van der Waals surface area contributed by atoms with E-state index in [0.717, 1.165) is 19.1 Å². The van der Waals surface area contributed by atoms with Gasteiger partial charge in [0.2, 0.25) is 0 Å². The summed E-state index contributed by atoms with van der Waals surface area (Å²) in [7, 11) is 0. The first-order chi connectivity index (χ1) is 9.11. The van der Waals surface area contributed by atoms with Crippen molar-refractivity contribution in [3.8, 4) is 0 Å². The average molecular weight is 260 g/mol. The Kier molecular flexibility index (Phi) is 5.00. The molecule has 1 saturated carbocycles. The Morgan fingerprint density at radius 2 is 1.84 bits per heavy atom. The third kappa shape index (κ3) is 3.58. The second kappa shape index (κ2) is 6.53. The standard InChI is InChI=1S/C17H28N2/c1-4-19(17-10-8-16(18)9-11-17)12-15-7-5-6-13(2)14(15)3/h5-7,16-17H,4,8-12,18H2,1-3H3. The van der Waals surface area contributed by atoms with Gasteiger partial charge in [-0.1, -0.05) is 25.1 Å². The van der Waals surface area contributed by atoms with E-state index in [9.17, 15) is 0 Å². The quantitative estimate of drug-likeness (QED) is 0.899. The predicted octanol–water partition coefficient (Wildman–Crippen LogP) is 3.40. The molecular formula is C17H28N2. The van der Waals surface area contributed by atoms with Crippen LogP contribution in [0.15, 0.2) is 18.2 Å². The van der Waals surface area contributed by atoms with E-state index in [4.69, 9.17) is 5.73 Å². The minimum Gasteiger partial charge on any atom is -0.328 e. The molecule has 0 radical (unpaired) electrons. The first kappa shape index (κ1) is 14.5. The predicted molar refractivity (Wildman–Crippen MR) is 82.2 cm³/mol. The summed E-state index contributed by atoms with van der Waals surface area (Å²) in [4.78, 5) is 2.63. The van der Waals surface area contributed by atoms with E-state index in [1.807, 2.05) is 0 Å². The number of rotatable bonds is 4. The summed E-state index contributed by atoms with van der Waals surface area (Å²) >= 11 is 0. The maximum atomic E-state index is 6.02. The second-order valence-electron chi connectivity index (χ2n) is 5.99. The van der Waals surface area contributed by atoms with Gasteiger partial charge in [0.25, 0.3) is 0 Å². The summed E-state index contributed by atoms with van der Waals surface area (Å²) in [5.41, 5.74) is 10.4. The van der Waals surface area contributed by atoms with Crippen molar-refractivity contribution in [1.82, 2.24) is 4.90 Å². The molecule has 0 unspecified atom stereocenters. The van der Waals surface area contributed by atoms with Crippen LogP contribution in [-0.4, -0.2) is 23.5 Å². The number of hydrogen-bond acceptors (Lipinski definition) is 2. The van der Waals surface area contributed by atoms with Crippen molar-refractivity contribution in [3.63, 3.8) is 0 Å². The number of hydrogen-bond donors (Lipinski definition) is 1. The summed E-state index contributed by atoms with van der Waals surface area (Å²) < 4.78 is 0. The molecule has 1 fully saturated rings. The Bertz CT molecular complexity index is 406. The third-order valence-electron chi connectivity index (χ3n) is 4.75. The molecule has 2 N–H and O–H groups in total. The van der Waals surface area contributed by atoms with Crippen molar-refractivity contribution in [2.45, 2.75) is 65.1 Å². The first-order valence-corrected chi connectivity index (χ1v) is 7.66. The van der Waals surface area contributed by atoms with E-state index in [1.165, 1.54) is 42.4 Å². The van der Waals surface area contributed by atoms with Crippen molar-refractivity contribution in [2.75, 3.05) is 6.54 Å². The van der Waals surface area contributed by atoms with Gasteiger partial charge < -0.3 is 5.73 Å². The summed E-state index contributed by atoms with van der Waals surface area (Å²) in [5.74, 6) is 0. The van der Waals surface area contributed by atoms with Crippen LogP contribution in [0.4, 0.5) is 0 Å². The highest BCUT2D eigenvalue weighted by atomic mass is 15.1. The minimum atomic E-state index is 0.440. The highest BCUT2D eigenvalue weighted by Crippen LogP contribution is 2.24. The van der Waals surface area contributed by atoms with Gasteiger partial charge in [-0.15, -0.1) is 0 Å². The summed E-state index contributed by atoms with van der Waals surface area (Å²) in [6.07, 6.45) is 4.90. The van der Waals surface area contributed by atoms with Gasteiger partial charge in [-0.25, -0.2) is 0 Å². The van der Waals surface area contributed by atoms with Crippen molar-refractivity contribution < 1.29 is 0 Å². The van der Waals surface area contributed by atoms with Crippen LogP contribution < -0.4 is 5.73 Å². The van der Waals surface area contributed by atoms with Crippen LogP contribution >= 0.6 is 0 Å². The van der Waals surface area contributed by atoms with Crippen molar-refractivity contribution in [1.29, 1.82) is 0 Å². The molecule has 106 valence electrons. The fraction of sp³-hybridized carbons (Fsp3) is 0.647. The maximum Gasteiger partial charge on any atom is 0.0239 e. The van der Waals surface area contributed by atoms with Crippen molar-refractivity contribution in [3.05, 3.63) is 34.9 Å². The molecule has 1 aromatic carbocycles. The van der Waals surface area contributed by atoms with Crippen LogP contribution in [0, 0.1) is 13.8 Å². The Hall–Kier alpha value is -0.860. The molecule has 1 aliphatic carbocycles. The van der Waals surface area contributed by atoms with Crippen LogP contribution in [0.1, 0.15) is 49.3 Å². The molecule has 2 rings (SSSR count). The third-order valence-corrected chi connectivity index (χ3v) is 4.75. The van der Waals surface area contributed by atoms with E-state index < -0.39 is 0 Å². The van der Waals surface area contributed by atoms with Gasteiger partial charge in [0.1, 0.15) is 0 Å². The topological polar surface area (TPSA) is 29.3 Å². The summed E-state index contributed by atoms with van der Waals surface area (Å²) in [5, 5.41) is 0. The monoisotopic (exact) mass is 260 g/mol. The van der Waals surface area contributed by atoms with Gasteiger partial charge in [0, 0.05) is 18.6 Å². The van der Waals surface area contributed by atoms with E-state index >= 15 is 0 Å². The summed E-state index contributed by atoms with van der Waals surface area (Å²) in [6.45, 7) is 8.95. The average Bonchev–Trinajstić information content (AvgIpc) is 2.42. The fourth-order valence-electron chi connectivity index (χ4n) is 3.17. The molecule has 0 amide bonds. The van der Waals surface area contributed by atoms with Crippen LogP contribution in [0.2, 0.25) is 0 Å². The van der Waals surface area contributed by atoms with Crippen LogP contribution in [0.3, 0.4) is 0 Å². The van der Waals surface area contributed by atoms with Gasteiger partial charge in [-0.2, -0.15) is 0 Å². The Balaban J connectivity index is 2.04. The van der Waals surface area contributed by atoms with E-state index in [2.05, 4.69) is 43.9 Å². The molecule has 1 aromatic rings. The smallest absolute Gasteiger partial charge is 0.0239 e. The van der Waals surface area contributed by atoms with Gasteiger partial charge in [0.15, 0.2) is 0 Å². The van der Waals surface area contributed by atoms with Crippen molar-refractivity contribution in [2.24, 2.45) is 5.73 Å². The molecule has 0 bridgehead atoms. The van der Waals surface area contributed by atoms with E-state index in [1.54, 1.807) is 0 Å². The zero-order valence-corrected chi connectivity index (χ0v) is 12.7. The molecular weight excluding hydrogens is 232 g/mol. The molecule has 0 aliphatic heterocycles. The lowest BCUT2D eigenvalue weighted by Gasteiger charge is -2.35. The van der Waals surface area contributed by atoms with Crippen LogP contribution in [0.5, 0.6) is 0 Å². The zero-order chi connectivity index (χ0) is 13.8. The van der Waals surface area contributed by atoms with Crippen LogP contribution in [0.25, 0.3) is 0 Å². The normalized spacial score (nSPS) is 23.8. The highest BCUT2D eigenvalue weighted by molar-refractivity contribution is 5.33. The molecule has 19 heavy (non-hydrogen) atoms. The van der Waals surface area contributed by atoms with Crippen LogP contribution in [-0.2, 0) is 6.54 Å². The molecule has 2 nitrogen and oxygen atoms in total. The minimum absolute atomic E-state index is 0.440. The first-order valence-electron chi connectivity index (χ1n) is 7.66. The SMILES string of the molecule is CCN(Cc1cccc(C)c1C)C1CCC(N)CC1. The molecule has 0 heterocycles. The lowest BCUT2D eigenvalue weighted by molar-refractivity contribution is 0.149. The lowest BCUT2D eigenvalue weighted by atomic mass is 9.90. The van der Waals surface area contributed by atoms with Gasteiger partial charge in [0.05, 0.1) is 0 Å². The van der Waals surface area contributed by atoms with Gasteiger partial charge >= 0.3 is 0 Å². The number of nitrogens with two attached hydrogens (primary N) is 1. The Morgan fingerprint density at radius 3 is 2.47 bits per heavy atom. The molecule has 1 aliphatic rings. The summed E-state index contributed by atoms with van der Waals surface area (Å²) in [6, 6.07) is 7.83. The number of benzene rings is 1. The fourth-order valence-corrected chi connectivity index (χ4v) is 3.17. The van der Waals surface area contributed by atoms with Crippen molar-refractivity contribution >= 4 is 0 Å². The largest absolute Gasteiger partial charge is 0.328 e. The maximum absolute atomic E-state index is 6.02. The molecule has 0 spiro atoms. The van der Waals surface area contributed by atoms with E-state index in [0.29, 0.717) is 6.04 Å². The Labute approximate surface area is 118 Å². The molecule has 0 atom stereocenters. The highest BCUT2D eigenvalue weighted by Gasteiger charge is 2.23. The number of aryl methyl sites for hydroxylation is 1.